The minimum absolute atomic E-state index is 0.479. The standard InChI is InChI=1S/C12H15N3O2S/c1-2-16-9-3-5-10(6-4-9)17-8-11-7-14-12(15-13)18-11/h3-7H,2,8,13H2,1H3,(H,14,15). The van der Waals surface area contributed by atoms with Gasteiger partial charge in [0, 0.05) is 6.20 Å². The van der Waals surface area contributed by atoms with E-state index in [4.69, 9.17) is 15.3 Å². The van der Waals surface area contributed by atoms with E-state index in [1.54, 1.807) is 6.20 Å². The van der Waals surface area contributed by atoms with Crippen molar-refractivity contribution < 1.29 is 9.47 Å². The molecule has 2 rings (SSSR count). The van der Waals surface area contributed by atoms with E-state index in [1.165, 1.54) is 11.3 Å². The lowest BCUT2D eigenvalue weighted by Crippen LogP contribution is -2.05. The normalized spacial score (nSPS) is 10.1. The summed E-state index contributed by atoms with van der Waals surface area (Å²) in [5, 5.41) is 0.681. The first-order valence-electron chi connectivity index (χ1n) is 5.59. The summed E-state index contributed by atoms with van der Waals surface area (Å²) in [7, 11) is 0. The molecule has 0 bridgehead atoms. The summed E-state index contributed by atoms with van der Waals surface area (Å²) in [6, 6.07) is 7.54. The maximum Gasteiger partial charge on any atom is 0.197 e. The smallest absolute Gasteiger partial charge is 0.197 e. The van der Waals surface area contributed by atoms with Crippen molar-refractivity contribution in [2.45, 2.75) is 13.5 Å². The van der Waals surface area contributed by atoms with Crippen LogP contribution in [0, 0.1) is 0 Å². The lowest BCUT2D eigenvalue weighted by atomic mass is 10.3. The van der Waals surface area contributed by atoms with E-state index in [0.717, 1.165) is 16.4 Å². The van der Waals surface area contributed by atoms with E-state index in [-0.39, 0.29) is 0 Å². The topological polar surface area (TPSA) is 69.4 Å². The van der Waals surface area contributed by atoms with Crippen molar-refractivity contribution in [1.82, 2.24) is 4.98 Å². The van der Waals surface area contributed by atoms with Crippen LogP contribution in [0.4, 0.5) is 5.13 Å². The van der Waals surface area contributed by atoms with Gasteiger partial charge in [-0.2, -0.15) is 0 Å². The Kier molecular flexibility index (Phi) is 4.38. The molecule has 0 unspecified atom stereocenters. The fourth-order valence-corrected chi connectivity index (χ4v) is 2.03. The zero-order valence-electron chi connectivity index (χ0n) is 10.1. The van der Waals surface area contributed by atoms with E-state index in [9.17, 15) is 0 Å². The zero-order valence-corrected chi connectivity index (χ0v) is 10.9. The highest BCUT2D eigenvalue weighted by Gasteiger charge is 2.02. The van der Waals surface area contributed by atoms with Crippen LogP contribution < -0.4 is 20.7 Å². The summed E-state index contributed by atoms with van der Waals surface area (Å²) >= 11 is 1.47. The minimum atomic E-state index is 0.479. The van der Waals surface area contributed by atoms with Crippen molar-refractivity contribution >= 4 is 16.5 Å². The second kappa shape index (κ2) is 6.23. The molecule has 3 N–H and O–H groups in total. The van der Waals surface area contributed by atoms with Crippen LogP contribution in [0.3, 0.4) is 0 Å². The molecular weight excluding hydrogens is 250 g/mol. The number of anilines is 1. The number of nitrogens with two attached hydrogens (primary N) is 1. The fraction of sp³-hybridized carbons (Fsp3) is 0.250. The highest BCUT2D eigenvalue weighted by molar-refractivity contribution is 7.15. The van der Waals surface area contributed by atoms with Crippen LogP contribution in [0.5, 0.6) is 11.5 Å². The van der Waals surface area contributed by atoms with Gasteiger partial charge in [-0.05, 0) is 31.2 Å². The third-order valence-electron chi connectivity index (χ3n) is 2.19. The molecule has 0 aliphatic carbocycles. The first kappa shape index (κ1) is 12.7. The molecule has 1 aromatic heterocycles. The number of hydrazine groups is 1. The molecule has 1 heterocycles. The van der Waals surface area contributed by atoms with Crippen LogP contribution in [-0.2, 0) is 6.61 Å². The molecule has 96 valence electrons. The molecule has 5 nitrogen and oxygen atoms in total. The van der Waals surface area contributed by atoms with Crippen molar-refractivity contribution in [2.24, 2.45) is 5.84 Å². The fourth-order valence-electron chi connectivity index (χ4n) is 1.39. The Hall–Kier alpha value is -1.79. The predicted octanol–water partition coefficient (Wildman–Crippen LogP) is 2.41. The molecule has 0 saturated heterocycles. The van der Waals surface area contributed by atoms with Gasteiger partial charge in [0.2, 0.25) is 0 Å². The van der Waals surface area contributed by atoms with Crippen LogP contribution in [-0.4, -0.2) is 11.6 Å². The lowest BCUT2D eigenvalue weighted by Gasteiger charge is -2.06. The van der Waals surface area contributed by atoms with E-state index in [2.05, 4.69) is 10.4 Å². The molecule has 0 radical (unpaired) electrons. The predicted molar refractivity (Wildman–Crippen MR) is 71.9 cm³/mol. The Morgan fingerprint density at radius 2 is 1.89 bits per heavy atom. The molecular formula is C12H15N3O2S. The third-order valence-corrected chi connectivity index (χ3v) is 3.09. The highest BCUT2D eigenvalue weighted by Crippen LogP contribution is 2.21. The van der Waals surface area contributed by atoms with Crippen molar-refractivity contribution in [3.63, 3.8) is 0 Å². The van der Waals surface area contributed by atoms with Gasteiger partial charge in [-0.3, -0.25) is 5.43 Å². The number of nitrogens with zero attached hydrogens (tertiary/aromatic N) is 1. The van der Waals surface area contributed by atoms with Gasteiger partial charge in [0.25, 0.3) is 0 Å². The van der Waals surface area contributed by atoms with Crippen molar-refractivity contribution in [2.75, 3.05) is 12.0 Å². The number of aromatic nitrogens is 1. The summed E-state index contributed by atoms with van der Waals surface area (Å²) in [5.41, 5.74) is 2.50. The molecule has 0 fully saturated rings. The lowest BCUT2D eigenvalue weighted by molar-refractivity contribution is 0.307. The van der Waals surface area contributed by atoms with E-state index >= 15 is 0 Å². The Labute approximate surface area is 110 Å². The number of ether oxygens (including phenoxy) is 2. The second-order valence-electron chi connectivity index (χ2n) is 3.47. The number of rotatable bonds is 6. The van der Waals surface area contributed by atoms with Gasteiger partial charge in [0.15, 0.2) is 5.13 Å². The summed E-state index contributed by atoms with van der Waals surface area (Å²) in [4.78, 5) is 5.08. The zero-order chi connectivity index (χ0) is 12.8. The van der Waals surface area contributed by atoms with E-state index < -0.39 is 0 Å². The molecule has 1 aromatic carbocycles. The molecule has 0 amide bonds. The van der Waals surface area contributed by atoms with Gasteiger partial charge < -0.3 is 9.47 Å². The quantitative estimate of drug-likeness (QED) is 0.620. The van der Waals surface area contributed by atoms with E-state index in [1.807, 2.05) is 31.2 Å². The first-order chi connectivity index (χ1) is 8.81. The minimum Gasteiger partial charge on any atom is -0.494 e. The van der Waals surface area contributed by atoms with Crippen LogP contribution in [0.2, 0.25) is 0 Å². The molecule has 18 heavy (non-hydrogen) atoms. The van der Waals surface area contributed by atoms with Crippen LogP contribution in [0.25, 0.3) is 0 Å². The summed E-state index contributed by atoms with van der Waals surface area (Å²) in [6.45, 7) is 3.10. The Balaban J connectivity index is 1.89. The summed E-state index contributed by atoms with van der Waals surface area (Å²) in [5.74, 6) is 6.90. The van der Waals surface area contributed by atoms with Gasteiger partial charge in [0.05, 0.1) is 11.5 Å². The van der Waals surface area contributed by atoms with E-state index in [0.29, 0.717) is 18.3 Å². The highest BCUT2D eigenvalue weighted by atomic mass is 32.1. The van der Waals surface area contributed by atoms with Crippen LogP contribution in [0.15, 0.2) is 30.5 Å². The van der Waals surface area contributed by atoms with Crippen LogP contribution in [0.1, 0.15) is 11.8 Å². The molecule has 0 atom stereocenters. The maximum atomic E-state index is 5.63. The Bertz CT molecular complexity index is 484. The molecule has 0 saturated carbocycles. The number of nitrogen functional groups attached to an aromatic ring is 1. The second-order valence-corrected chi connectivity index (χ2v) is 4.58. The van der Waals surface area contributed by atoms with Gasteiger partial charge >= 0.3 is 0 Å². The van der Waals surface area contributed by atoms with Crippen molar-refractivity contribution in [1.29, 1.82) is 0 Å². The summed E-state index contributed by atoms with van der Waals surface area (Å²) in [6.07, 6.45) is 1.74. The van der Waals surface area contributed by atoms with Crippen LogP contribution >= 0.6 is 11.3 Å². The average molecular weight is 265 g/mol. The average Bonchev–Trinajstić information content (AvgIpc) is 2.86. The van der Waals surface area contributed by atoms with Gasteiger partial charge in [-0.1, -0.05) is 11.3 Å². The SMILES string of the molecule is CCOc1ccc(OCc2cnc(NN)s2)cc1. The Morgan fingerprint density at radius 1 is 1.22 bits per heavy atom. The first-order valence-corrected chi connectivity index (χ1v) is 6.40. The molecule has 0 spiro atoms. The molecule has 0 aliphatic rings. The number of hydrogen-bond donors (Lipinski definition) is 2. The monoisotopic (exact) mass is 265 g/mol. The number of nitrogens with one attached hydrogen (secondary N) is 1. The number of benzene rings is 1. The van der Waals surface area contributed by atoms with Gasteiger partial charge in [-0.15, -0.1) is 0 Å². The largest absolute Gasteiger partial charge is 0.494 e. The molecule has 2 aromatic rings. The number of thiazole rings is 1. The van der Waals surface area contributed by atoms with Crippen molar-refractivity contribution in [3.8, 4) is 11.5 Å². The van der Waals surface area contributed by atoms with Gasteiger partial charge in [-0.25, -0.2) is 10.8 Å². The molecule has 0 aliphatic heterocycles. The third kappa shape index (κ3) is 3.35. The Morgan fingerprint density at radius 3 is 2.44 bits per heavy atom. The maximum absolute atomic E-state index is 5.63. The summed E-state index contributed by atoms with van der Waals surface area (Å²) < 4.78 is 11.0. The molecule has 6 heteroatoms. The van der Waals surface area contributed by atoms with Crippen molar-refractivity contribution in [3.05, 3.63) is 35.3 Å². The van der Waals surface area contributed by atoms with Gasteiger partial charge in [0.1, 0.15) is 18.1 Å². The number of hydrogen-bond acceptors (Lipinski definition) is 6.